The topological polar surface area (TPSA) is 102 Å². The van der Waals surface area contributed by atoms with Crippen molar-refractivity contribution < 1.29 is 19.4 Å². The number of aromatic nitrogens is 2. The summed E-state index contributed by atoms with van der Waals surface area (Å²) >= 11 is 0. The van der Waals surface area contributed by atoms with Gasteiger partial charge in [-0.05, 0) is 67.2 Å². The highest BCUT2D eigenvalue weighted by Crippen LogP contribution is 2.36. The third-order valence-electron chi connectivity index (χ3n) is 7.35. The Balaban J connectivity index is 1.33. The summed E-state index contributed by atoms with van der Waals surface area (Å²) < 4.78 is 5.72. The molecule has 5 rings (SSSR count). The quantitative estimate of drug-likeness (QED) is 0.297. The van der Waals surface area contributed by atoms with Crippen LogP contribution in [0.25, 0.3) is 33.4 Å². The maximum Gasteiger partial charge on any atom is 0.335 e. The van der Waals surface area contributed by atoms with Crippen molar-refractivity contribution in [1.82, 2.24) is 24.7 Å². The number of pyridine rings is 1. The number of carboxylic acids is 1. The van der Waals surface area contributed by atoms with Crippen LogP contribution in [0.2, 0.25) is 0 Å². The van der Waals surface area contributed by atoms with Gasteiger partial charge < -0.3 is 24.6 Å². The lowest BCUT2D eigenvalue weighted by Gasteiger charge is -2.34. The maximum atomic E-state index is 12.5. The number of aromatic amines is 1. The highest BCUT2D eigenvalue weighted by Gasteiger charge is 2.21. The largest absolute Gasteiger partial charge is 0.496 e. The Kier molecular flexibility index (Phi) is 8.47. The lowest BCUT2D eigenvalue weighted by atomic mass is 10.0. The van der Waals surface area contributed by atoms with Crippen LogP contribution in [0, 0.1) is 0 Å². The van der Waals surface area contributed by atoms with E-state index in [2.05, 4.69) is 33.1 Å². The molecule has 2 aromatic heterocycles. The van der Waals surface area contributed by atoms with Crippen molar-refractivity contribution in [2.45, 2.75) is 6.54 Å². The molecular weight excluding hydrogens is 518 g/mol. The molecule has 1 saturated heterocycles. The van der Waals surface area contributed by atoms with Gasteiger partial charge in [-0.3, -0.25) is 9.69 Å². The monoisotopic (exact) mass is 553 g/mol. The Hall–Kier alpha value is -4.47. The highest BCUT2D eigenvalue weighted by molar-refractivity contribution is 5.97. The molecule has 9 heteroatoms. The van der Waals surface area contributed by atoms with Crippen LogP contribution in [0.5, 0.6) is 5.75 Å². The van der Waals surface area contributed by atoms with Crippen LogP contribution in [0.4, 0.5) is 0 Å². The minimum atomic E-state index is -0.949. The number of hydrogen-bond donors (Lipinski definition) is 2. The number of ether oxygens (including phenoxy) is 1. The summed E-state index contributed by atoms with van der Waals surface area (Å²) in [6, 6.07) is 17.1. The minimum absolute atomic E-state index is 0.0721. The fraction of sp³-hybridized carbons (Fsp3) is 0.281. The van der Waals surface area contributed by atoms with Crippen molar-refractivity contribution in [3.63, 3.8) is 0 Å². The zero-order valence-electron chi connectivity index (χ0n) is 23.6. The second-order valence-electron chi connectivity index (χ2n) is 10.5. The number of hydrogen-bond acceptors (Lipinski definition) is 6. The van der Waals surface area contributed by atoms with Crippen LogP contribution in [-0.2, 0) is 11.3 Å². The van der Waals surface area contributed by atoms with Gasteiger partial charge in [-0.2, -0.15) is 0 Å². The summed E-state index contributed by atoms with van der Waals surface area (Å²) in [7, 11) is 5.63. The number of rotatable bonds is 9. The van der Waals surface area contributed by atoms with Crippen LogP contribution in [0.15, 0.2) is 72.9 Å². The number of carbonyl (C=O) groups is 2. The smallest absolute Gasteiger partial charge is 0.335 e. The average molecular weight is 554 g/mol. The molecule has 4 aromatic rings. The molecule has 1 aliphatic heterocycles. The first-order chi connectivity index (χ1) is 19.8. The molecule has 0 atom stereocenters. The number of likely N-dealkylation sites (N-methyl/N-ethyl adjacent to an activating group) is 1. The molecule has 0 bridgehead atoms. The number of carboxylic acid groups (broad SMARTS) is 1. The number of carbonyl (C=O) groups excluding carboxylic acids is 1. The summed E-state index contributed by atoms with van der Waals surface area (Å²) in [5.41, 5.74) is 5.86. The Morgan fingerprint density at radius 3 is 2.46 bits per heavy atom. The molecule has 0 spiro atoms. The van der Waals surface area contributed by atoms with Crippen LogP contribution in [-0.4, -0.2) is 95.6 Å². The van der Waals surface area contributed by atoms with Crippen molar-refractivity contribution in [3.05, 3.63) is 84.1 Å². The number of nitrogens with one attached hydrogen (secondary N) is 1. The third-order valence-corrected chi connectivity index (χ3v) is 7.35. The van der Waals surface area contributed by atoms with Crippen molar-refractivity contribution in [2.75, 3.05) is 53.9 Å². The first-order valence-corrected chi connectivity index (χ1v) is 13.6. The fourth-order valence-electron chi connectivity index (χ4n) is 5.13. The second kappa shape index (κ2) is 12.4. The van der Waals surface area contributed by atoms with E-state index in [0.29, 0.717) is 13.1 Å². The number of benzene rings is 2. The van der Waals surface area contributed by atoms with Gasteiger partial charge >= 0.3 is 5.97 Å². The van der Waals surface area contributed by atoms with E-state index < -0.39 is 5.97 Å². The van der Waals surface area contributed by atoms with Crippen LogP contribution >= 0.6 is 0 Å². The third kappa shape index (κ3) is 6.48. The predicted octanol–water partition coefficient (Wildman–Crippen LogP) is 4.37. The zero-order chi connectivity index (χ0) is 28.9. The zero-order valence-corrected chi connectivity index (χ0v) is 23.6. The second-order valence-corrected chi connectivity index (χ2v) is 10.5. The Morgan fingerprint density at radius 2 is 1.78 bits per heavy atom. The Labute approximate surface area is 239 Å². The van der Waals surface area contributed by atoms with Gasteiger partial charge in [0, 0.05) is 62.5 Å². The maximum absolute atomic E-state index is 12.5. The van der Waals surface area contributed by atoms with Gasteiger partial charge in [0.2, 0.25) is 5.91 Å². The van der Waals surface area contributed by atoms with Crippen LogP contribution in [0.3, 0.4) is 0 Å². The molecule has 0 saturated carbocycles. The molecule has 2 N–H and O–H groups in total. The standard InChI is InChI=1S/C32H35N5O4/c1-35(2)14-4-5-30(38)37-17-15-36(16-18-37)21-22-6-11-29(41-3)27(19-22)28-20-26-25(12-13-33-31(26)34-28)23-7-9-24(10-8-23)32(39)40/h4-13,19-20H,14-18,21H2,1-3H3,(H,33,34)(H,39,40)/b5-4+. The van der Waals surface area contributed by atoms with E-state index in [1.165, 1.54) is 0 Å². The number of fused-ring (bicyclic) bond motifs is 1. The van der Waals surface area contributed by atoms with Crippen molar-refractivity contribution >= 4 is 22.9 Å². The SMILES string of the molecule is COc1ccc(CN2CCN(C(=O)/C=C/CN(C)C)CC2)cc1-c1cc2c(-c3ccc(C(=O)O)cc3)ccnc2[nH]1. The molecule has 41 heavy (non-hydrogen) atoms. The highest BCUT2D eigenvalue weighted by atomic mass is 16.5. The normalized spacial score (nSPS) is 14.3. The lowest BCUT2D eigenvalue weighted by molar-refractivity contribution is -0.127. The van der Waals surface area contributed by atoms with Gasteiger partial charge in [0.25, 0.3) is 0 Å². The Morgan fingerprint density at radius 1 is 1.02 bits per heavy atom. The van der Waals surface area contributed by atoms with E-state index in [9.17, 15) is 14.7 Å². The molecule has 1 amide bonds. The molecular formula is C32H35N5O4. The number of aromatic carboxylic acids is 1. The van der Waals surface area contributed by atoms with Crippen LogP contribution < -0.4 is 4.74 Å². The molecule has 2 aromatic carbocycles. The molecule has 212 valence electrons. The van der Waals surface area contributed by atoms with E-state index in [1.54, 1.807) is 31.5 Å². The summed E-state index contributed by atoms with van der Waals surface area (Å²) in [5, 5.41) is 10.2. The van der Waals surface area contributed by atoms with Crippen molar-refractivity contribution in [1.29, 1.82) is 0 Å². The number of nitrogens with zero attached hydrogens (tertiary/aromatic N) is 4. The van der Waals surface area contributed by atoms with Gasteiger partial charge in [-0.15, -0.1) is 0 Å². The first kappa shape index (κ1) is 28.1. The van der Waals surface area contributed by atoms with Crippen molar-refractivity contribution in [2.24, 2.45) is 0 Å². The molecule has 0 radical (unpaired) electrons. The van der Waals surface area contributed by atoms with E-state index in [4.69, 9.17) is 4.74 Å². The summed E-state index contributed by atoms with van der Waals surface area (Å²) in [6.45, 7) is 4.56. The van der Waals surface area contributed by atoms with Crippen molar-refractivity contribution in [3.8, 4) is 28.1 Å². The summed E-state index contributed by atoms with van der Waals surface area (Å²) in [6.07, 6.45) is 5.33. The lowest BCUT2D eigenvalue weighted by Crippen LogP contribution is -2.47. The number of methoxy groups -OCH3 is 1. The van der Waals surface area contributed by atoms with E-state index >= 15 is 0 Å². The number of amides is 1. The van der Waals surface area contributed by atoms with Gasteiger partial charge in [0.1, 0.15) is 11.4 Å². The molecule has 0 aliphatic carbocycles. The minimum Gasteiger partial charge on any atom is -0.496 e. The van der Waals surface area contributed by atoms with Gasteiger partial charge in [0.05, 0.1) is 18.4 Å². The van der Waals surface area contributed by atoms with Gasteiger partial charge in [-0.1, -0.05) is 24.3 Å². The Bertz CT molecular complexity index is 1570. The van der Waals surface area contributed by atoms with Gasteiger partial charge in [-0.25, -0.2) is 9.78 Å². The summed E-state index contributed by atoms with van der Waals surface area (Å²) in [4.78, 5) is 38.1. The number of piperazine rings is 1. The van der Waals surface area contributed by atoms with E-state index in [0.717, 1.165) is 70.9 Å². The molecule has 1 aliphatic rings. The predicted molar refractivity (Wildman–Crippen MR) is 160 cm³/mol. The first-order valence-electron chi connectivity index (χ1n) is 13.6. The van der Waals surface area contributed by atoms with E-state index in [-0.39, 0.29) is 11.5 Å². The van der Waals surface area contributed by atoms with Gasteiger partial charge in [0.15, 0.2) is 0 Å². The summed E-state index contributed by atoms with van der Waals surface area (Å²) in [5.74, 6) is -0.120. The fourth-order valence-corrected chi connectivity index (χ4v) is 5.13. The number of H-pyrrole nitrogens is 1. The van der Waals surface area contributed by atoms with E-state index in [1.807, 2.05) is 54.2 Å². The molecule has 1 fully saturated rings. The van der Waals surface area contributed by atoms with Crippen LogP contribution in [0.1, 0.15) is 15.9 Å². The average Bonchev–Trinajstić information content (AvgIpc) is 3.42. The molecule has 9 nitrogen and oxygen atoms in total. The molecule has 3 heterocycles. The molecule has 0 unspecified atom stereocenters.